The standard InChI is InChI=1S/C20H21N3O3S/c1-4-25-17-11-6-5-10-16(17)21-18(24)14(3)27-20-23-22-19(26-20)15-9-7-8-13(2)12-15/h5-12,14H,4H2,1-3H3,(H,21,24)/t14-/m1/s1. The second kappa shape index (κ2) is 8.73. The van der Waals surface area contributed by atoms with Gasteiger partial charge in [0.15, 0.2) is 0 Å². The molecule has 0 aliphatic heterocycles. The van der Waals surface area contributed by atoms with Gasteiger partial charge in [0.05, 0.1) is 17.5 Å². The molecule has 0 fully saturated rings. The van der Waals surface area contributed by atoms with Gasteiger partial charge in [-0.25, -0.2) is 0 Å². The highest BCUT2D eigenvalue weighted by atomic mass is 32.2. The summed E-state index contributed by atoms with van der Waals surface area (Å²) in [4.78, 5) is 12.5. The molecule has 0 bridgehead atoms. The zero-order valence-electron chi connectivity index (χ0n) is 15.4. The van der Waals surface area contributed by atoms with Crippen molar-refractivity contribution in [3.05, 3.63) is 54.1 Å². The summed E-state index contributed by atoms with van der Waals surface area (Å²) in [6, 6.07) is 15.2. The molecule has 3 rings (SSSR count). The fourth-order valence-corrected chi connectivity index (χ4v) is 3.13. The summed E-state index contributed by atoms with van der Waals surface area (Å²) in [7, 11) is 0. The van der Waals surface area contributed by atoms with Gasteiger partial charge in [-0.15, -0.1) is 10.2 Å². The molecule has 1 heterocycles. The van der Waals surface area contributed by atoms with E-state index in [-0.39, 0.29) is 5.91 Å². The van der Waals surface area contributed by atoms with Crippen LogP contribution in [0.5, 0.6) is 5.75 Å². The van der Waals surface area contributed by atoms with Crippen LogP contribution in [0.15, 0.2) is 58.2 Å². The van der Waals surface area contributed by atoms with Gasteiger partial charge in [-0.2, -0.15) is 0 Å². The summed E-state index contributed by atoms with van der Waals surface area (Å²) >= 11 is 1.22. The second-order valence-corrected chi connectivity index (χ2v) is 7.21. The van der Waals surface area contributed by atoms with Crippen LogP contribution in [-0.2, 0) is 4.79 Å². The Hall–Kier alpha value is -2.80. The second-order valence-electron chi connectivity index (χ2n) is 5.92. The molecule has 0 aliphatic carbocycles. The predicted molar refractivity (Wildman–Crippen MR) is 106 cm³/mol. The number of nitrogens with one attached hydrogen (secondary N) is 1. The number of ether oxygens (including phenoxy) is 1. The molecule has 0 radical (unpaired) electrons. The fourth-order valence-electron chi connectivity index (χ4n) is 2.44. The Bertz CT molecular complexity index is 926. The van der Waals surface area contributed by atoms with Crippen molar-refractivity contribution in [3.63, 3.8) is 0 Å². The molecule has 27 heavy (non-hydrogen) atoms. The lowest BCUT2D eigenvalue weighted by molar-refractivity contribution is -0.115. The molecule has 0 saturated heterocycles. The first kappa shape index (κ1) is 19.0. The van der Waals surface area contributed by atoms with E-state index >= 15 is 0 Å². The van der Waals surface area contributed by atoms with Crippen molar-refractivity contribution in [1.29, 1.82) is 0 Å². The van der Waals surface area contributed by atoms with Crippen molar-refractivity contribution in [1.82, 2.24) is 10.2 Å². The Morgan fingerprint density at radius 1 is 1.22 bits per heavy atom. The number of hydrogen-bond donors (Lipinski definition) is 1. The first-order valence-corrected chi connectivity index (χ1v) is 9.54. The van der Waals surface area contributed by atoms with Crippen LogP contribution in [0.2, 0.25) is 0 Å². The molecule has 3 aromatic rings. The zero-order valence-corrected chi connectivity index (χ0v) is 16.2. The number of thioether (sulfide) groups is 1. The van der Waals surface area contributed by atoms with Gasteiger partial charge in [0, 0.05) is 5.56 Å². The highest BCUT2D eigenvalue weighted by molar-refractivity contribution is 8.00. The van der Waals surface area contributed by atoms with E-state index in [0.29, 0.717) is 29.2 Å². The lowest BCUT2D eigenvalue weighted by atomic mass is 10.1. The minimum Gasteiger partial charge on any atom is -0.492 e. The van der Waals surface area contributed by atoms with Gasteiger partial charge in [-0.05, 0) is 45.0 Å². The number of rotatable bonds is 7. The molecule has 0 spiro atoms. The first-order valence-electron chi connectivity index (χ1n) is 8.66. The summed E-state index contributed by atoms with van der Waals surface area (Å²) < 4.78 is 11.2. The van der Waals surface area contributed by atoms with E-state index in [4.69, 9.17) is 9.15 Å². The van der Waals surface area contributed by atoms with Gasteiger partial charge in [0.1, 0.15) is 5.75 Å². The molecule has 6 nitrogen and oxygen atoms in total. The summed E-state index contributed by atoms with van der Waals surface area (Å²) in [5.41, 5.74) is 2.61. The Morgan fingerprint density at radius 2 is 2.04 bits per heavy atom. The van der Waals surface area contributed by atoms with Crippen molar-refractivity contribution in [2.45, 2.75) is 31.2 Å². The van der Waals surface area contributed by atoms with E-state index in [9.17, 15) is 4.79 Å². The van der Waals surface area contributed by atoms with Gasteiger partial charge in [0.25, 0.3) is 5.22 Å². The molecule has 1 aromatic heterocycles. The van der Waals surface area contributed by atoms with Gasteiger partial charge in [0.2, 0.25) is 11.8 Å². The number of nitrogens with zero attached hydrogens (tertiary/aromatic N) is 2. The van der Waals surface area contributed by atoms with Crippen LogP contribution < -0.4 is 10.1 Å². The number of amides is 1. The summed E-state index contributed by atoms with van der Waals surface area (Å²) in [5, 5.41) is 10.9. The van der Waals surface area contributed by atoms with E-state index in [1.807, 2.05) is 62.4 Å². The van der Waals surface area contributed by atoms with E-state index in [2.05, 4.69) is 15.5 Å². The monoisotopic (exact) mass is 383 g/mol. The molecular weight excluding hydrogens is 362 g/mol. The average Bonchev–Trinajstić information content (AvgIpc) is 3.12. The quantitative estimate of drug-likeness (QED) is 0.603. The van der Waals surface area contributed by atoms with Gasteiger partial charge in [-0.3, -0.25) is 4.79 Å². The number of hydrogen-bond acceptors (Lipinski definition) is 6. The molecule has 1 amide bonds. The highest BCUT2D eigenvalue weighted by Gasteiger charge is 2.20. The summed E-state index contributed by atoms with van der Waals surface area (Å²) in [5.74, 6) is 0.919. The molecule has 140 valence electrons. The molecule has 0 aliphatic rings. The van der Waals surface area contributed by atoms with Crippen molar-refractivity contribution in [2.24, 2.45) is 0 Å². The number of aryl methyl sites for hydroxylation is 1. The van der Waals surface area contributed by atoms with Crippen molar-refractivity contribution in [2.75, 3.05) is 11.9 Å². The topological polar surface area (TPSA) is 77.2 Å². The third-order valence-corrected chi connectivity index (χ3v) is 4.70. The molecule has 1 N–H and O–H groups in total. The highest BCUT2D eigenvalue weighted by Crippen LogP contribution is 2.29. The Labute approximate surface area is 162 Å². The molecular formula is C20H21N3O3S. The summed E-state index contributed by atoms with van der Waals surface area (Å²) in [6.45, 7) is 6.22. The minimum absolute atomic E-state index is 0.164. The SMILES string of the molecule is CCOc1ccccc1NC(=O)[C@@H](C)Sc1nnc(-c2cccc(C)c2)o1. The Kier molecular flexibility index (Phi) is 6.13. The lowest BCUT2D eigenvalue weighted by Crippen LogP contribution is -2.22. The minimum atomic E-state index is -0.412. The van der Waals surface area contributed by atoms with E-state index in [1.54, 1.807) is 6.92 Å². The normalized spacial score (nSPS) is 11.8. The number of benzene rings is 2. The van der Waals surface area contributed by atoms with Gasteiger partial charge in [-0.1, -0.05) is 41.6 Å². The largest absolute Gasteiger partial charge is 0.492 e. The van der Waals surface area contributed by atoms with Crippen molar-refractivity contribution >= 4 is 23.4 Å². The predicted octanol–water partition coefficient (Wildman–Crippen LogP) is 4.56. The average molecular weight is 383 g/mol. The van der Waals surface area contributed by atoms with Crippen LogP contribution in [-0.4, -0.2) is 28.0 Å². The van der Waals surface area contributed by atoms with Crippen molar-refractivity contribution in [3.8, 4) is 17.2 Å². The van der Waals surface area contributed by atoms with Crippen LogP contribution in [0.4, 0.5) is 5.69 Å². The van der Waals surface area contributed by atoms with Crippen LogP contribution in [0, 0.1) is 6.92 Å². The Morgan fingerprint density at radius 3 is 2.81 bits per heavy atom. The number of para-hydroxylation sites is 2. The lowest BCUT2D eigenvalue weighted by Gasteiger charge is -2.13. The van der Waals surface area contributed by atoms with E-state index < -0.39 is 5.25 Å². The van der Waals surface area contributed by atoms with Crippen LogP contribution in [0.25, 0.3) is 11.5 Å². The van der Waals surface area contributed by atoms with Crippen LogP contribution >= 0.6 is 11.8 Å². The fraction of sp³-hybridized carbons (Fsp3) is 0.250. The molecule has 0 saturated carbocycles. The van der Waals surface area contributed by atoms with E-state index in [0.717, 1.165) is 11.1 Å². The van der Waals surface area contributed by atoms with Gasteiger partial charge < -0.3 is 14.5 Å². The Balaban J connectivity index is 1.65. The van der Waals surface area contributed by atoms with Crippen LogP contribution in [0.1, 0.15) is 19.4 Å². The first-order chi connectivity index (χ1) is 13.1. The maximum Gasteiger partial charge on any atom is 0.277 e. The number of anilines is 1. The van der Waals surface area contributed by atoms with Gasteiger partial charge >= 0.3 is 0 Å². The zero-order chi connectivity index (χ0) is 19.2. The molecule has 2 aromatic carbocycles. The van der Waals surface area contributed by atoms with Crippen LogP contribution in [0.3, 0.4) is 0 Å². The molecule has 1 atom stereocenters. The third-order valence-electron chi connectivity index (χ3n) is 3.76. The molecule has 7 heteroatoms. The number of aromatic nitrogens is 2. The van der Waals surface area contributed by atoms with E-state index in [1.165, 1.54) is 11.8 Å². The smallest absolute Gasteiger partial charge is 0.277 e. The van der Waals surface area contributed by atoms with Crippen molar-refractivity contribution < 1.29 is 13.9 Å². The maximum atomic E-state index is 12.5. The number of carbonyl (C=O) groups is 1. The third kappa shape index (κ3) is 4.89. The number of carbonyl (C=O) groups excluding carboxylic acids is 1. The maximum absolute atomic E-state index is 12.5. The summed E-state index contributed by atoms with van der Waals surface area (Å²) in [6.07, 6.45) is 0. The molecule has 0 unspecified atom stereocenters.